The lowest BCUT2D eigenvalue weighted by atomic mass is 10.2. The average Bonchev–Trinajstić information content (AvgIpc) is 2.87. The Morgan fingerprint density at radius 2 is 1.87 bits per heavy atom. The van der Waals surface area contributed by atoms with Crippen LogP contribution >= 0.6 is 22.6 Å². The number of amides is 1. The molecule has 116 valence electrons. The number of nitrogens with one attached hydrogen (secondary N) is 1. The molecule has 0 aliphatic heterocycles. The van der Waals surface area contributed by atoms with Crippen molar-refractivity contribution >= 4 is 34.2 Å². The van der Waals surface area contributed by atoms with Crippen molar-refractivity contribution in [2.45, 2.75) is 13.8 Å². The van der Waals surface area contributed by atoms with Crippen LogP contribution in [0.25, 0.3) is 5.95 Å². The van der Waals surface area contributed by atoms with Crippen LogP contribution in [0.2, 0.25) is 0 Å². The molecule has 0 fully saturated rings. The molecule has 0 spiro atoms. The zero-order valence-electron chi connectivity index (χ0n) is 12.6. The molecule has 0 saturated carbocycles. The molecule has 1 N–H and O–H groups in total. The molecular formula is C16H14IN5O. The second-order valence-corrected chi connectivity index (χ2v) is 6.21. The molecule has 6 nitrogen and oxygen atoms in total. The zero-order valence-corrected chi connectivity index (χ0v) is 14.8. The minimum Gasteiger partial charge on any atom is -0.319 e. The summed E-state index contributed by atoms with van der Waals surface area (Å²) in [7, 11) is 0. The van der Waals surface area contributed by atoms with Gasteiger partial charge in [0.25, 0.3) is 11.9 Å². The van der Waals surface area contributed by atoms with Crippen molar-refractivity contribution < 1.29 is 4.79 Å². The Kier molecular flexibility index (Phi) is 4.37. The normalized spacial score (nSPS) is 10.6. The van der Waals surface area contributed by atoms with E-state index in [1.54, 1.807) is 23.1 Å². The molecular weight excluding hydrogens is 405 g/mol. The van der Waals surface area contributed by atoms with Gasteiger partial charge in [0.1, 0.15) is 0 Å². The van der Waals surface area contributed by atoms with Crippen LogP contribution in [0.4, 0.5) is 5.69 Å². The molecule has 7 heteroatoms. The summed E-state index contributed by atoms with van der Waals surface area (Å²) in [5.41, 5.74) is 3.02. The third-order valence-corrected chi connectivity index (χ3v) is 4.15. The van der Waals surface area contributed by atoms with Crippen LogP contribution in [0.5, 0.6) is 0 Å². The number of carbonyl (C=O) groups excluding carboxylic acids is 1. The molecule has 1 amide bonds. The maximum atomic E-state index is 12.3. The maximum absolute atomic E-state index is 12.3. The molecule has 0 bridgehead atoms. The van der Waals surface area contributed by atoms with Crippen LogP contribution in [0.15, 0.2) is 42.7 Å². The second kappa shape index (κ2) is 6.45. The minimum absolute atomic E-state index is 0.183. The lowest BCUT2D eigenvalue weighted by Crippen LogP contribution is -2.14. The standard InChI is InChI=1S/C16H14IN5O/c1-10-7-11(2)22(21-10)16-18-8-12(9-19-16)20-15(23)13-5-3-4-6-14(13)17/h3-9H,1-2H3,(H,20,23). The lowest BCUT2D eigenvalue weighted by Gasteiger charge is -2.07. The highest BCUT2D eigenvalue weighted by Crippen LogP contribution is 2.14. The summed E-state index contributed by atoms with van der Waals surface area (Å²) in [6.07, 6.45) is 3.15. The van der Waals surface area contributed by atoms with E-state index in [9.17, 15) is 4.79 Å². The van der Waals surface area contributed by atoms with Gasteiger partial charge < -0.3 is 5.32 Å². The van der Waals surface area contributed by atoms with Gasteiger partial charge in [-0.05, 0) is 54.6 Å². The van der Waals surface area contributed by atoms with Gasteiger partial charge in [0, 0.05) is 9.26 Å². The van der Waals surface area contributed by atoms with Gasteiger partial charge in [0.15, 0.2) is 0 Å². The van der Waals surface area contributed by atoms with Crippen LogP contribution in [-0.2, 0) is 0 Å². The van der Waals surface area contributed by atoms with E-state index in [0.717, 1.165) is 15.0 Å². The summed E-state index contributed by atoms with van der Waals surface area (Å²) in [5.74, 6) is 0.292. The summed E-state index contributed by atoms with van der Waals surface area (Å²) >= 11 is 2.13. The Balaban J connectivity index is 1.79. The molecule has 2 heterocycles. The van der Waals surface area contributed by atoms with Crippen molar-refractivity contribution in [1.29, 1.82) is 0 Å². The van der Waals surface area contributed by atoms with Gasteiger partial charge in [-0.15, -0.1) is 0 Å². The fraction of sp³-hybridized carbons (Fsp3) is 0.125. The summed E-state index contributed by atoms with van der Waals surface area (Å²) in [4.78, 5) is 20.8. The largest absolute Gasteiger partial charge is 0.319 e. The number of halogens is 1. The van der Waals surface area contributed by atoms with E-state index in [0.29, 0.717) is 17.2 Å². The zero-order chi connectivity index (χ0) is 16.4. The first-order valence-corrected chi connectivity index (χ1v) is 8.04. The Bertz CT molecular complexity index is 857. The Hall–Kier alpha value is -2.29. The predicted molar refractivity (Wildman–Crippen MR) is 95.7 cm³/mol. The van der Waals surface area contributed by atoms with Crippen LogP contribution < -0.4 is 5.32 Å². The van der Waals surface area contributed by atoms with E-state index < -0.39 is 0 Å². The first-order valence-electron chi connectivity index (χ1n) is 6.96. The number of hydrogen-bond acceptors (Lipinski definition) is 4. The van der Waals surface area contributed by atoms with Gasteiger partial charge in [-0.25, -0.2) is 14.6 Å². The molecule has 0 radical (unpaired) electrons. The van der Waals surface area contributed by atoms with Gasteiger partial charge in [0.2, 0.25) is 0 Å². The SMILES string of the molecule is Cc1cc(C)n(-c2ncc(NC(=O)c3ccccc3I)cn2)n1. The number of nitrogens with zero attached hydrogens (tertiary/aromatic N) is 4. The van der Waals surface area contributed by atoms with Crippen molar-refractivity contribution in [3.63, 3.8) is 0 Å². The lowest BCUT2D eigenvalue weighted by molar-refractivity contribution is 0.102. The van der Waals surface area contributed by atoms with E-state index in [2.05, 4.69) is 43.0 Å². The number of hydrogen-bond donors (Lipinski definition) is 1. The quantitative estimate of drug-likeness (QED) is 0.663. The molecule has 0 aliphatic carbocycles. The highest BCUT2D eigenvalue weighted by Gasteiger charge is 2.11. The number of anilines is 1. The molecule has 0 unspecified atom stereocenters. The van der Waals surface area contributed by atoms with Crippen LogP contribution in [0.3, 0.4) is 0 Å². The van der Waals surface area contributed by atoms with E-state index in [-0.39, 0.29) is 5.91 Å². The van der Waals surface area contributed by atoms with Gasteiger partial charge in [0.05, 0.1) is 29.3 Å². The van der Waals surface area contributed by atoms with Crippen LogP contribution in [-0.4, -0.2) is 25.7 Å². The highest BCUT2D eigenvalue weighted by molar-refractivity contribution is 14.1. The molecule has 0 aliphatic rings. The average molecular weight is 419 g/mol. The predicted octanol–water partition coefficient (Wildman–Crippen LogP) is 3.14. The van der Waals surface area contributed by atoms with Crippen LogP contribution in [0, 0.1) is 17.4 Å². The van der Waals surface area contributed by atoms with Gasteiger partial charge in [-0.2, -0.15) is 5.10 Å². The highest BCUT2D eigenvalue weighted by atomic mass is 127. The third kappa shape index (κ3) is 3.39. The Morgan fingerprint density at radius 1 is 1.17 bits per heavy atom. The van der Waals surface area contributed by atoms with E-state index in [1.807, 2.05) is 38.1 Å². The number of benzene rings is 1. The summed E-state index contributed by atoms with van der Waals surface area (Å²) in [6, 6.07) is 9.35. The molecule has 0 saturated heterocycles. The second-order valence-electron chi connectivity index (χ2n) is 5.04. The monoisotopic (exact) mass is 419 g/mol. The topological polar surface area (TPSA) is 72.7 Å². The van der Waals surface area contributed by atoms with Crippen molar-refractivity contribution in [1.82, 2.24) is 19.7 Å². The van der Waals surface area contributed by atoms with Gasteiger partial charge >= 0.3 is 0 Å². The summed E-state index contributed by atoms with van der Waals surface area (Å²) < 4.78 is 2.56. The fourth-order valence-corrected chi connectivity index (χ4v) is 2.80. The first kappa shape index (κ1) is 15.6. The number of carbonyl (C=O) groups is 1. The van der Waals surface area contributed by atoms with E-state index in [1.165, 1.54) is 0 Å². The number of aryl methyl sites for hydroxylation is 2. The smallest absolute Gasteiger partial charge is 0.256 e. The molecule has 23 heavy (non-hydrogen) atoms. The third-order valence-electron chi connectivity index (χ3n) is 3.21. The fourth-order valence-electron chi connectivity index (χ4n) is 2.17. The number of aromatic nitrogens is 4. The van der Waals surface area contributed by atoms with Gasteiger partial charge in [-0.1, -0.05) is 12.1 Å². The maximum Gasteiger partial charge on any atom is 0.256 e. The Labute approximate surface area is 147 Å². The molecule has 2 aromatic heterocycles. The van der Waals surface area contributed by atoms with E-state index >= 15 is 0 Å². The van der Waals surface area contributed by atoms with Crippen molar-refractivity contribution in [2.24, 2.45) is 0 Å². The summed E-state index contributed by atoms with van der Waals surface area (Å²) in [6.45, 7) is 3.86. The van der Waals surface area contributed by atoms with E-state index in [4.69, 9.17) is 0 Å². The van der Waals surface area contributed by atoms with Crippen molar-refractivity contribution in [2.75, 3.05) is 5.32 Å². The summed E-state index contributed by atoms with van der Waals surface area (Å²) in [5, 5.41) is 7.13. The minimum atomic E-state index is -0.183. The van der Waals surface area contributed by atoms with Crippen LogP contribution in [0.1, 0.15) is 21.7 Å². The first-order chi connectivity index (χ1) is 11.0. The van der Waals surface area contributed by atoms with Crippen molar-refractivity contribution in [3.05, 3.63) is 63.2 Å². The number of rotatable bonds is 3. The molecule has 3 aromatic rings. The van der Waals surface area contributed by atoms with Crippen molar-refractivity contribution in [3.8, 4) is 5.95 Å². The van der Waals surface area contributed by atoms with Gasteiger partial charge in [-0.3, -0.25) is 4.79 Å². The molecule has 3 rings (SSSR count). The molecule has 1 aromatic carbocycles. The Morgan fingerprint density at radius 3 is 2.48 bits per heavy atom. The molecule has 0 atom stereocenters.